The number of nitrogens with two attached hydrogens (primary N) is 1. The smallest absolute Gasteiger partial charge is 0.258 e. The molecule has 1 aromatic carbocycles. The molecule has 12 heteroatoms. The summed E-state index contributed by atoms with van der Waals surface area (Å²) in [5, 5.41) is 0. The number of rotatable bonds is 9. The molecule has 3 aliphatic rings. The Balaban J connectivity index is 1.24. The van der Waals surface area contributed by atoms with E-state index >= 15 is 0 Å². The third kappa shape index (κ3) is 6.92. The van der Waals surface area contributed by atoms with E-state index in [1.165, 1.54) is 24.7 Å². The average molecular weight is 577 g/mol. The molecule has 5 rings (SSSR count). The second kappa shape index (κ2) is 12.5. The molecule has 41 heavy (non-hydrogen) atoms. The van der Waals surface area contributed by atoms with Gasteiger partial charge in [0, 0.05) is 37.1 Å². The van der Waals surface area contributed by atoms with Gasteiger partial charge in [-0.3, -0.25) is 4.79 Å². The Bertz CT molecular complexity index is 1190. The van der Waals surface area contributed by atoms with Gasteiger partial charge in [0.25, 0.3) is 12.3 Å². The van der Waals surface area contributed by atoms with Gasteiger partial charge in [0.2, 0.25) is 0 Å². The molecule has 0 bridgehead atoms. The number of aromatic nitrogens is 2. The van der Waals surface area contributed by atoms with Crippen LogP contribution in [0.25, 0.3) is 0 Å². The maximum Gasteiger partial charge on any atom is 0.258 e. The number of benzene rings is 1. The number of anilines is 1. The van der Waals surface area contributed by atoms with E-state index < -0.39 is 30.7 Å². The molecule has 224 valence electrons. The number of halogens is 3. The van der Waals surface area contributed by atoms with E-state index in [0.29, 0.717) is 18.2 Å². The molecular formula is C29H39F3N6O3. The first kappa shape index (κ1) is 29.5. The highest BCUT2D eigenvalue weighted by Gasteiger charge is 2.46. The Labute approximate surface area is 238 Å². The molecule has 4 heterocycles. The van der Waals surface area contributed by atoms with E-state index in [9.17, 15) is 18.0 Å². The second-order valence-electron chi connectivity index (χ2n) is 11.8. The van der Waals surface area contributed by atoms with Crippen LogP contribution in [-0.2, 0) is 4.74 Å². The summed E-state index contributed by atoms with van der Waals surface area (Å²) in [5.41, 5.74) is 6.01. The SMILES string of the molecule is CC(C)N(CC(F)F)C(=O)c1cc(F)ccc1Oc1cncnc1N1CC2(CCN(C[C@@H]3CC[C@@H](N)CO3)CC2)C1. The summed E-state index contributed by atoms with van der Waals surface area (Å²) in [7, 11) is 0. The first-order valence-corrected chi connectivity index (χ1v) is 14.3. The number of piperidine rings is 1. The van der Waals surface area contributed by atoms with Crippen molar-refractivity contribution in [2.45, 2.75) is 64.1 Å². The Morgan fingerprint density at radius 1 is 1.22 bits per heavy atom. The highest BCUT2D eigenvalue weighted by molar-refractivity contribution is 5.97. The lowest BCUT2D eigenvalue weighted by Crippen LogP contribution is -2.61. The minimum Gasteiger partial charge on any atom is -0.451 e. The molecule has 1 spiro atoms. The molecule has 2 N–H and O–H groups in total. The van der Waals surface area contributed by atoms with Crippen LogP contribution in [0.15, 0.2) is 30.7 Å². The quantitative estimate of drug-likeness (QED) is 0.480. The Morgan fingerprint density at radius 3 is 2.63 bits per heavy atom. The molecule has 0 aliphatic carbocycles. The van der Waals surface area contributed by atoms with E-state index in [1.54, 1.807) is 13.8 Å². The zero-order chi connectivity index (χ0) is 29.1. The fraction of sp³-hybridized carbons (Fsp3) is 0.621. The minimum atomic E-state index is -2.72. The van der Waals surface area contributed by atoms with Crippen LogP contribution in [0.5, 0.6) is 11.5 Å². The van der Waals surface area contributed by atoms with Gasteiger partial charge in [0.15, 0.2) is 11.6 Å². The van der Waals surface area contributed by atoms with Crippen molar-refractivity contribution in [1.82, 2.24) is 19.8 Å². The maximum absolute atomic E-state index is 14.2. The van der Waals surface area contributed by atoms with Crippen molar-refractivity contribution >= 4 is 11.7 Å². The number of ether oxygens (including phenoxy) is 2. The number of carbonyl (C=O) groups is 1. The monoisotopic (exact) mass is 576 g/mol. The summed E-state index contributed by atoms with van der Waals surface area (Å²) in [6.45, 7) is 7.74. The number of hydrogen-bond acceptors (Lipinski definition) is 8. The van der Waals surface area contributed by atoms with Crippen LogP contribution in [0, 0.1) is 11.2 Å². The molecule has 1 amide bonds. The van der Waals surface area contributed by atoms with Crippen LogP contribution < -0.4 is 15.4 Å². The number of carbonyl (C=O) groups excluding carboxylic acids is 1. The zero-order valence-corrected chi connectivity index (χ0v) is 23.6. The fourth-order valence-corrected chi connectivity index (χ4v) is 6.03. The molecular weight excluding hydrogens is 537 g/mol. The van der Waals surface area contributed by atoms with Gasteiger partial charge in [-0.05, 0) is 70.8 Å². The summed E-state index contributed by atoms with van der Waals surface area (Å²) < 4.78 is 52.6. The minimum absolute atomic E-state index is 0.0572. The second-order valence-corrected chi connectivity index (χ2v) is 11.8. The van der Waals surface area contributed by atoms with Crippen LogP contribution in [0.3, 0.4) is 0 Å². The van der Waals surface area contributed by atoms with Gasteiger partial charge in [-0.25, -0.2) is 23.1 Å². The van der Waals surface area contributed by atoms with E-state index in [-0.39, 0.29) is 28.9 Å². The Kier molecular flexibility index (Phi) is 9.00. The van der Waals surface area contributed by atoms with Gasteiger partial charge in [0.05, 0.1) is 31.0 Å². The van der Waals surface area contributed by atoms with Crippen LogP contribution in [0.2, 0.25) is 0 Å². The largest absolute Gasteiger partial charge is 0.451 e. The number of amides is 1. The summed E-state index contributed by atoms with van der Waals surface area (Å²) in [6.07, 6.45) is 4.64. The zero-order valence-electron chi connectivity index (χ0n) is 23.6. The van der Waals surface area contributed by atoms with Crippen molar-refractivity contribution in [2.75, 3.05) is 50.8 Å². The molecule has 3 saturated heterocycles. The van der Waals surface area contributed by atoms with E-state index in [2.05, 4.69) is 19.8 Å². The van der Waals surface area contributed by atoms with Crippen molar-refractivity contribution in [3.63, 3.8) is 0 Å². The molecule has 3 aliphatic heterocycles. The first-order valence-electron chi connectivity index (χ1n) is 14.3. The summed E-state index contributed by atoms with van der Waals surface area (Å²) in [5.74, 6) is -0.444. The summed E-state index contributed by atoms with van der Waals surface area (Å²) in [6, 6.07) is 3.16. The lowest BCUT2D eigenvalue weighted by Gasteiger charge is -2.54. The third-order valence-corrected chi connectivity index (χ3v) is 8.41. The summed E-state index contributed by atoms with van der Waals surface area (Å²) >= 11 is 0. The molecule has 0 radical (unpaired) electrons. The molecule has 0 unspecified atom stereocenters. The normalized spacial score (nSPS) is 22.7. The van der Waals surface area contributed by atoms with Gasteiger partial charge in [-0.1, -0.05) is 0 Å². The van der Waals surface area contributed by atoms with E-state index in [0.717, 1.165) is 69.4 Å². The van der Waals surface area contributed by atoms with Crippen molar-refractivity contribution in [3.05, 3.63) is 42.1 Å². The molecule has 3 fully saturated rings. The van der Waals surface area contributed by atoms with Gasteiger partial charge in [-0.15, -0.1) is 0 Å². The van der Waals surface area contributed by atoms with Gasteiger partial charge in [-0.2, -0.15) is 0 Å². The average Bonchev–Trinajstić information content (AvgIpc) is 2.93. The molecule has 2 aromatic rings. The van der Waals surface area contributed by atoms with Crippen molar-refractivity contribution in [2.24, 2.45) is 11.1 Å². The van der Waals surface area contributed by atoms with Crippen LogP contribution in [0.1, 0.15) is 49.9 Å². The van der Waals surface area contributed by atoms with Gasteiger partial charge >= 0.3 is 0 Å². The maximum atomic E-state index is 14.2. The molecule has 2 atom stereocenters. The van der Waals surface area contributed by atoms with E-state index in [1.807, 2.05) is 0 Å². The predicted octanol–water partition coefficient (Wildman–Crippen LogP) is 3.93. The molecule has 9 nitrogen and oxygen atoms in total. The number of hydrogen-bond donors (Lipinski definition) is 1. The van der Waals surface area contributed by atoms with E-state index in [4.69, 9.17) is 15.2 Å². The van der Waals surface area contributed by atoms with Gasteiger partial charge in [0.1, 0.15) is 17.9 Å². The third-order valence-electron chi connectivity index (χ3n) is 8.41. The lowest BCUT2D eigenvalue weighted by atomic mass is 9.72. The van der Waals surface area contributed by atoms with Crippen molar-refractivity contribution < 1.29 is 27.4 Å². The number of nitrogens with zero attached hydrogens (tertiary/aromatic N) is 5. The van der Waals surface area contributed by atoms with Gasteiger partial charge < -0.3 is 29.9 Å². The van der Waals surface area contributed by atoms with Crippen LogP contribution in [0.4, 0.5) is 19.0 Å². The molecule has 0 saturated carbocycles. The summed E-state index contributed by atoms with van der Waals surface area (Å²) in [4.78, 5) is 27.4. The highest BCUT2D eigenvalue weighted by Crippen LogP contribution is 2.45. The first-order chi connectivity index (χ1) is 19.6. The fourth-order valence-electron chi connectivity index (χ4n) is 6.03. The standard InChI is InChI=1S/C29H39F3N6O3/c1-19(2)38(14-26(31)32)28(39)23-11-20(30)3-6-24(23)41-25-12-34-18-35-27(25)37-16-29(17-37)7-9-36(10-8-29)13-22-5-4-21(33)15-40-22/h3,6,11-12,18-19,21-22,26H,4-5,7-10,13-17,33H2,1-2H3/t21-,22+/m1/s1. The number of likely N-dealkylation sites (tertiary alicyclic amines) is 1. The Morgan fingerprint density at radius 2 is 1.98 bits per heavy atom. The van der Waals surface area contributed by atoms with Crippen LogP contribution in [-0.4, -0.2) is 96.2 Å². The predicted molar refractivity (Wildman–Crippen MR) is 148 cm³/mol. The van der Waals surface area contributed by atoms with Crippen molar-refractivity contribution in [3.8, 4) is 11.5 Å². The molecule has 1 aromatic heterocycles. The topological polar surface area (TPSA) is 97.1 Å². The number of alkyl halides is 2. The van der Waals surface area contributed by atoms with Crippen LogP contribution >= 0.6 is 0 Å². The Hall–Kier alpha value is -2.96. The van der Waals surface area contributed by atoms with Crippen molar-refractivity contribution in [1.29, 1.82) is 0 Å². The lowest BCUT2D eigenvalue weighted by molar-refractivity contribution is -0.0277. The highest BCUT2D eigenvalue weighted by atomic mass is 19.3.